The van der Waals surface area contributed by atoms with Gasteiger partial charge in [-0.15, -0.1) is 0 Å². The van der Waals surface area contributed by atoms with Crippen LogP contribution < -0.4 is 0 Å². The lowest BCUT2D eigenvalue weighted by atomic mass is 10.1. The number of rotatable bonds is 1. The average Bonchev–Trinajstić information content (AvgIpc) is 2.30. The van der Waals surface area contributed by atoms with Gasteiger partial charge in [-0.2, -0.15) is 27.1 Å². The highest BCUT2D eigenvalue weighted by Crippen LogP contribution is 2.39. The van der Waals surface area contributed by atoms with Crippen LogP contribution in [0.25, 0.3) is 0 Å². The quantitative estimate of drug-likeness (QED) is 0.614. The molecule has 1 unspecified atom stereocenters. The maximum absolute atomic E-state index is 12.7. The Morgan fingerprint density at radius 1 is 1.29 bits per heavy atom. The van der Waals surface area contributed by atoms with Crippen LogP contribution in [0.2, 0.25) is 0 Å². The van der Waals surface area contributed by atoms with Crippen molar-refractivity contribution in [1.29, 1.82) is 0 Å². The van der Waals surface area contributed by atoms with E-state index in [1.54, 1.807) is 0 Å². The van der Waals surface area contributed by atoms with Crippen LogP contribution in [0.15, 0.2) is 5.10 Å². The second-order valence-corrected chi connectivity index (χ2v) is 3.25. The van der Waals surface area contributed by atoms with Crippen molar-refractivity contribution >= 4 is 5.71 Å². The van der Waals surface area contributed by atoms with Gasteiger partial charge in [0.25, 0.3) is 0 Å². The molecule has 0 saturated carbocycles. The molecule has 1 aliphatic heterocycles. The van der Waals surface area contributed by atoms with E-state index in [4.69, 9.17) is 0 Å². The Balaban J connectivity index is 2.91. The zero-order valence-electron chi connectivity index (χ0n) is 7.57. The summed E-state index contributed by atoms with van der Waals surface area (Å²) in [5, 5.41) is 4.29. The van der Waals surface area contributed by atoms with Gasteiger partial charge in [-0.05, 0) is 6.92 Å². The van der Waals surface area contributed by atoms with Crippen molar-refractivity contribution in [3.8, 4) is 0 Å². The van der Waals surface area contributed by atoms with Crippen LogP contribution >= 0.6 is 0 Å². The van der Waals surface area contributed by atoms with Crippen molar-refractivity contribution in [3.63, 3.8) is 0 Å². The third-order valence-corrected chi connectivity index (χ3v) is 2.12. The molecule has 1 heterocycles. The minimum Gasteiger partial charge on any atom is -0.297 e. The van der Waals surface area contributed by atoms with Crippen LogP contribution in [0.5, 0.6) is 0 Å². The summed E-state index contributed by atoms with van der Waals surface area (Å²) in [5.74, 6) is -4.81. The summed E-state index contributed by atoms with van der Waals surface area (Å²) in [5.41, 5.74) is -1.11. The monoisotopic (exact) mass is 216 g/mol. The van der Waals surface area contributed by atoms with Gasteiger partial charge in [-0.1, -0.05) is 0 Å². The third kappa shape index (κ3) is 1.67. The summed E-state index contributed by atoms with van der Waals surface area (Å²) in [4.78, 5) is 0. The standard InChI is InChI=1S/C7H9F5N2/c1-4-3-5(13-14(4)2)6(8,9)7(10,11)12/h4H,3H2,1-2H3. The first kappa shape index (κ1) is 11.2. The number of nitrogens with zero attached hydrogens (tertiary/aromatic N) is 2. The molecule has 2 nitrogen and oxygen atoms in total. The summed E-state index contributed by atoms with van der Waals surface area (Å²) >= 11 is 0. The average molecular weight is 216 g/mol. The topological polar surface area (TPSA) is 15.6 Å². The summed E-state index contributed by atoms with van der Waals surface area (Å²) < 4.78 is 61.1. The molecule has 82 valence electrons. The molecule has 14 heavy (non-hydrogen) atoms. The van der Waals surface area contributed by atoms with Gasteiger partial charge in [0.2, 0.25) is 0 Å². The molecule has 0 aliphatic carbocycles. The predicted molar refractivity (Wildman–Crippen MR) is 40.3 cm³/mol. The molecule has 0 aromatic heterocycles. The maximum Gasteiger partial charge on any atom is 0.459 e. The van der Waals surface area contributed by atoms with Gasteiger partial charge in [0, 0.05) is 19.5 Å². The molecule has 0 saturated heterocycles. The Morgan fingerprint density at radius 2 is 1.79 bits per heavy atom. The molecule has 0 aromatic carbocycles. The van der Waals surface area contributed by atoms with Gasteiger partial charge in [0.05, 0.1) is 0 Å². The highest BCUT2D eigenvalue weighted by atomic mass is 19.4. The summed E-state index contributed by atoms with van der Waals surface area (Å²) in [6.07, 6.45) is -5.92. The highest BCUT2D eigenvalue weighted by molar-refractivity contribution is 5.93. The molecule has 1 rings (SSSR count). The number of hydrogen-bond donors (Lipinski definition) is 0. The zero-order valence-corrected chi connectivity index (χ0v) is 7.57. The van der Waals surface area contributed by atoms with Crippen molar-refractivity contribution in [2.24, 2.45) is 5.10 Å². The van der Waals surface area contributed by atoms with Crippen LogP contribution in [0.4, 0.5) is 22.0 Å². The normalized spacial score (nSPS) is 24.1. The first-order valence-corrected chi connectivity index (χ1v) is 3.91. The maximum atomic E-state index is 12.7. The Labute approximate surface area is 77.4 Å². The Morgan fingerprint density at radius 3 is 2.07 bits per heavy atom. The second-order valence-electron chi connectivity index (χ2n) is 3.25. The minimum atomic E-state index is -5.56. The van der Waals surface area contributed by atoms with E-state index in [0.29, 0.717) is 0 Å². The lowest BCUT2D eigenvalue weighted by Crippen LogP contribution is -2.43. The van der Waals surface area contributed by atoms with E-state index in [2.05, 4.69) is 5.10 Å². The van der Waals surface area contributed by atoms with E-state index in [1.807, 2.05) is 0 Å². The molecule has 0 aromatic rings. The van der Waals surface area contributed by atoms with Crippen molar-refractivity contribution in [2.45, 2.75) is 31.5 Å². The molecular weight excluding hydrogens is 207 g/mol. The first-order valence-electron chi connectivity index (χ1n) is 3.91. The number of alkyl halides is 5. The van der Waals surface area contributed by atoms with E-state index in [0.717, 1.165) is 5.01 Å². The Kier molecular flexibility index (Phi) is 2.45. The van der Waals surface area contributed by atoms with Gasteiger partial charge in [0.15, 0.2) is 0 Å². The fourth-order valence-electron chi connectivity index (χ4n) is 1.10. The fraction of sp³-hybridized carbons (Fsp3) is 0.857. The molecule has 0 N–H and O–H groups in total. The van der Waals surface area contributed by atoms with Gasteiger partial charge < -0.3 is 0 Å². The highest BCUT2D eigenvalue weighted by Gasteiger charge is 2.62. The van der Waals surface area contributed by atoms with E-state index >= 15 is 0 Å². The Bertz CT molecular complexity index is 257. The van der Waals surface area contributed by atoms with Gasteiger partial charge >= 0.3 is 12.1 Å². The molecule has 0 spiro atoms. The lowest BCUT2D eigenvalue weighted by molar-refractivity contribution is -0.249. The fourth-order valence-corrected chi connectivity index (χ4v) is 1.10. The molecule has 0 fully saturated rings. The number of halogens is 5. The summed E-state index contributed by atoms with van der Waals surface area (Å²) in [7, 11) is 1.37. The number of hydrazone groups is 1. The molecular formula is C7H9F5N2. The van der Waals surface area contributed by atoms with E-state index < -0.39 is 23.9 Å². The smallest absolute Gasteiger partial charge is 0.297 e. The van der Waals surface area contributed by atoms with Gasteiger partial charge in [-0.3, -0.25) is 5.01 Å². The van der Waals surface area contributed by atoms with Crippen molar-refractivity contribution < 1.29 is 22.0 Å². The van der Waals surface area contributed by atoms with Gasteiger partial charge in [-0.25, -0.2) is 0 Å². The summed E-state index contributed by atoms with van der Waals surface area (Å²) in [6.45, 7) is 1.53. The van der Waals surface area contributed by atoms with Crippen LogP contribution in [0.1, 0.15) is 13.3 Å². The van der Waals surface area contributed by atoms with Crippen LogP contribution in [0.3, 0.4) is 0 Å². The zero-order chi connectivity index (χ0) is 11.1. The Hall–Kier alpha value is -0.880. The van der Waals surface area contributed by atoms with Gasteiger partial charge in [0.1, 0.15) is 5.71 Å². The van der Waals surface area contributed by atoms with Crippen molar-refractivity contribution in [1.82, 2.24) is 5.01 Å². The van der Waals surface area contributed by atoms with E-state index in [-0.39, 0.29) is 6.42 Å². The van der Waals surface area contributed by atoms with Crippen LogP contribution in [-0.2, 0) is 0 Å². The SMILES string of the molecule is CC1CC(C(F)(F)C(F)(F)F)=NN1C. The lowest BCUT2D eigenvalue weighted by Gasteiger charge is -2.18. The first-order chi connectivity index (χ1) is 6.16. The molecule has 1 atom stereocenters. The number of hydrogen-bond acceptors (Lipinski definition) is 2. The molecule has 0 bridgehead atoms. The van der Waals surface area contributed by atoms with E-state index in [9.17, 15) is 22.0 Å². The minimum absolute atomic E-state index is 0.358. The van der Waals surface area contributed by atoms with Crippen LogP contribution in [0, 0.1) is 0 Å². The molecule has 0 radical (unpaired) electrons. The largest absolute Gasteiger partial charge is 0.459 e. The molecule has 0 amide bonds. The van der Waals surface area contributed by atoms with Crippen molar-refractivity contribution in [3.05, 3.63) is 0 Å². The third-order valence-electron chi connectivity index (χ3n) is 2.12. The van der Waals surface area contributed by atoms with Crippen molar-refractivity contribution in [2.75, 3.05) is 7.05 Å². The summed E-state index contributed by atoms with van der Waals surface area (Å²) in [6, 6.07) is -0.418. The van der Waals surface area contributed by atoms with E-state index in [1.165, 1.54) is 14.0 Å². The molecule has 1 aliphatic rings. The second kappa shape index (κ2) is 3.06. The van der Waals surface area contributed by atoms with Crippen LogP contribution in [-0.4, -0.2) is 35.9 Å². The predicted octanol–water partition coefficient (Wildman–Crippen LogP) is 2.26. The molecule has 7 heteroatoms.